The molecule has 0 aliphatic rings. The molecule has 0 aliphatic heterocycles. The summed E-state index contributed by atoms with van der Waals surface area (Å²) >= 11 is 0. The Morgan fingerprint density at radius 1 is 0.864 bits per heavy atom. The molecule has 2 rings (SSSR count). The molecule has 112 valence electrons. The molecule has 0 bridgehead atoms. The van der Waals surface area contributed by atoms with Gasteiger partial charge < -0.3 is 4.74 Å². The normalized spacial score (nSPS) is 10.1. The first-order valence-corrected chi connectivity index (χ1v) is 6.52. The van der Waals surface area contributed by atoms with E-state index >= 15 is 0 Å². The minimum Gasteiger partial charge on any atom is -0.420 e. The van der Waals surface area contributed by atoms with Gasteiger partial charge in [0.25, 0.3) is 0 Å². The molecule has 0 saturated carbocycles. The Bertz CT molecular complexity index is 765. The molecule has 0 saturated heterocycles. The predicted molar refractivity (Wildman–Crippen MR) is 77.8 cm³/mol. The van der Waals surface area contributed by atoms with Crippen LogP contribution >= 0.6 is 0 Å². The third kappa shape index (κ3) is 3.44. The van der Waals surface area contributed by atoms with E-state index in [-0.39, 0.29) is 28.4 Å². The highest BCUT2D eigenvalue weighted by atomic mass is 19.1. The summed E-state index contributed by atoms with van der Waals surface area (Å²) in [5.41, 5.74) is 0.695. The van der Waals surface area contributed by atoms with Gasteiger partial charge in [0.2, 0.25) is 0 Å². The number of hydrogen-bond donors (Lipinski definition) is 0. The topological polar surface area (TPSA) is 60.4 Å². The van der Waals surface area contributed by atoms with Gasteiger partial charge in [0, 0.05) is 11.1 Å². The van der Waals surface area contributed by atoms with E-state index in [9.17, 15) is 18.8 Å². The van der Waals surface area contributed by atoms with Gasteiger partial charge in [-0.3, -0.25) is 9.59 Å². The van der Waals surface area contributed by atoms with Crippen molar-refractivity contribution >= 4 is 17.5 Å². The molecule has 0 radical (unpaired) electrons. The summed E-state index contributed by atoms with van der Waals surface area (Å²) in [7, 11) is 0. The highest BCUT2D eigenvalue weighted by Gasteiger charge is 2.14. The maximum Gasteiger partial charge on any atom is 0.343 e. The number of carbonyl (C=O) groups is 3. The Morgan fingerprint density at radius 3 is 2.05 bits per heavy atom. The number of Topliss-reactive ketones (excluding diaryl/α,β-unsaturated/α-hetero) is 2. The van der Waals surface area contributed by atoms with Crippen LogP contribution in [0.2, 0.25) is 0 Å². The second-order valence-corrected chi connectivity index (χ2v) is 4.73. The average Bonchev–Trinajstić information content (AvgIpc) is 2.49. The van der Waals surface area contributed by atoms with Crippen LogP contribution in [0.4, 0.5) is 4.39 Å². The van der Waals surface area contributed by atoms with Crippen molar-refractivity contribution in [3.05, 3.63) is 65.0 Å². The molecule has 0 N–H and O–H groups in total. The van der Waals surface area contributed by atoms with E-state index in [1.165, 1.54) is 38.1 Å². The Kier molecular flexibility index (Phi) is 4.46. The second kappa shape index (κ2) is 6.30. The smallest absolute Gasteiger partial charge is 0.343 e. The molecule has 22 heavy (non-hydrogen) atoms. The van der Waals surface area contributed by atoms with E-state index in [0.29, 0.717) is 5.56 Å². The fourth-order valence-corrected chi connectivity index (χ4v) is 1.83. The molecule has 2 aromatic carbocycles. The summed E-state index contributed by atoms with van der Waals surface area (Å²) in [6.45, 7) is 2.69. The van der Waals surface area contributed by atoms with Gasteiger partial charge >= 0.3 is 5.97 Å². The van der Waals surface area contributed by atoms with Crippen molar-refractivity contribution in [2.24, 2.45) is 0 Å². The summed E-state index contributed by atoms with van der Waals surface area (Å²) in [6, 6.07) is 9.57. The van der Waals surface area contributed by atoms with Gasteiger partial charge in [-0.15, -0.1) is 0 Å². The molecular formula is C17H13FO4. The van der Waals surface area contributed by atoms with Crippen molar-refractivity contribution < 1.29 is 23.5 Å². The first-order valence-electron chi connectivity index (χ1n) is 6.52. The molecule has 5 heteroatoms. The van der Waals surface area contributed by atoms with Crippen LogP contribution in [-0.2, 0) is 0 Å². The van der Waals surface area contributed by atoms with Gasteiger partial charge in [-0.2, -0.15) is 0 Å². The fraction of sp³-hybridized carbons (Fsp3) is 0.118. The van der Waals surface area contributed by atoms with Crippen LogP contribution in [0, 0.1) is 5.82 Å². The fourth-order valence-electron chi connectivity index (χ4n) is 1.83. The molecule has 0 atom stereocenters. The number of hydrogen-bond acceptors (Lipinski definition) is 4. The van der Waals surface area contributed by atoms with E-state index in [1.807, 2.05) is 0 Å². The van der Waals surface area contributed by atoms with Crippen LogP contribution < -0.4 is 4.74 Å². The molecule has 0 unspecified atom stereocenters. The highest BCUT2D eigenvalue weighted by Crippen LogP contribution is 2.20. The zero-order chi connectivity index (χ0) is 16.3. The number of benzene rings is 2. The van der Waals surface area contributed by atoms with E-state index in [2.05, 4.69) is 0 Å². The molecule has 0 heterocycles. The van der Waals surface area contributed by atoms with Crippen LogP contribution in [-0.4, -0.2) is 17.5 Å². The third-order valence-corrected chi connectivity index (χ3v) is 3.05. The van der Waals surface area contributed by atoms with Gasteiger partial charge in [-0.25, -0.2) is 9.18 Å². The van der Waals surface area contributed by atoms with Crippen molar-refractivity contribution in [2.45, 2.75) is 13.8 Å². The van der Waals surface area contributed by atoms with Crippen LogP contribution in [0.15, 0.2) is 42.5 Å². The third-order valence-electron chi connectivity index (χ3n) is 3.05. The first kappa shape index (κ1) is 15.6. The summed E-state index contributed by atoms with van der Waals surface area (Å²) in [6.07, 6.45) is 0. The minimum absolute atomic E-state index is 0.141. The monoisotopic (exact) mass is 300 g/mol. The average molecular weight is 300 g/mol. The maximum atomic E-state index is 13.8. The standard InChI is InChI=1S/C17H13FO4/c1-10(19)12-4-3-5-14(8-12)17(21)22-16-7-6-13(11(2)20)9-15(16)18/h3-9H,1-2H3. The predicted octanol–water partition coefficient (Wildman–Crippen LogP) is 3.45. The number of rotatable bonds is 4. The first-order chi connectivity index (χ1) is 10.4. The van der Waals surface area contributed by atoms with Gasteiger partial charge in [0.05, 0.1) is 5.56 Å². The molecule has 0 amide bonds. The van der Waals surface area contributed by atoms with Gasteiger partial charge in [-0.1, -0.05) is 12.1 Å². The van der Waals surface area contributed by atoms with Gasteiger partial charge in [-0.05, 0) is 44.2 Å². The zero-order valence-electron chi connectivity index (χ0n) is 12.1. The van der Waals surface area contributed by atoms with Crippen LogP contribution in [0.1, 0.15) is 44.9 Å². The maximum absolute atomic E-state index is 13.8. The lowest BCUT2D eigenvalue weighted by Gasteiger charge is -2.07. The summed E-state index contributed by atoms with van der Waals surface area (Å²) < 4.78 is 18.8. The van der Waals surface area contributed by atoms with Crippen LogP contribution in [0.5, 0.6) is 5.75 Å². The molecule has 0 aromatic heterocycles. The lowest BCUT2D eigenvalue weighted by atomic mass is 10.1. The zero-order valence-corrected chi connectivity index (χ0v) is 12.1. The quantitative estimate of drug-likeness (QED) is 0.493. The molecule has 0 aliphatic carbocycles. The number of esters is 1. The summed E-state index contributed by atoms with van der Waals surface area (Å²) in [5, 5.41) is 0. The van der Waals surface area contributed by atoms with Gasteiger partial charge in [0.15, 0.2) is 23.1 Å². The Hall–Kier alpha value is -2.82. The van der Waals surface area contributed by atoms with E-state index < -0.39 is 11.8 Å². The number of ketones is 2. The van der Waals surface area contributed by atoms with E-state index in [0.717, 1.165) is 6.07 Å². The van der Waals surface area contributed by atoms with Crippen molar-refractivity contribution in [1.82, 2.24) is 0 Å². The van der Waals surface area contributed by atoms with E-state index in [4.69, 9.17) is 4.74 Å². The number of ether oxygens (including phenoxy) is 1. The SMILES string of the molecule is CC(=O)c1cccc(C(=O)Oc2ccc(C(C)=O)cc2F)c1. The molecule has 0 spiro atoms. The second-order valence-electron chi connectivity index (χ2n) is 4.73. The van der Waals surface area contributed by atoms with Crippen molar-refractivity contribution in [2.75, 3.05) is 0 Å². The van der Waals surface area contributed by atoms with Crippen molar-refractivity contribution in [3.63, 3.8) is 0 Å². The Morgan fingerprint density at radius 2 is 1.45 bits per heavy atom. The highest BCUT2D eigenvalue weighted by molar-refractivity contribution is 5.98. The lowest BCUT2D eigenvalue weighted by molar-refractivity contribution is 0.0728. The van der Waals surface area contributed by atoms with Gasteiger partial charge in [0.1, 0.15) is 0 Å². The summed E-state index contributed by atoms with van der Waals surface area (Å²) in [4.78, 5) is 34.4. The summed E-state index contributed by atoms with van der Waals surface area (Å²) in [5.74, 6) is -2.33. The van der Waals surface area contributed by atoms with Crippen LogP contribution in [0.3, 0.4) is 0 Å². The molecule has 2 aromatic rings. The Balaban J connectivity index is 2.24. The van der Waals surface area contributed by atoms with Crippen LogP contribution in [0.25, 0.3) is 0 Å². The lowest BCUT2D eigenvalue weighted by Crippen LogP contribution is -2.10. The van der Waals surface area contributed by atoms with E-state index in [1.54, 1.807) is 12.1 Å². The van der Waals surface area contributed by atoms with Crippen molar-refractivity contribution in [1.29, 1.82) is 0 Å². The Labute approximate surface area is 126 Å². The molecular weight excluding hydrogens is 287 g/mol. The minimum atomic E-state index is -0.802. The number of halogens is 1. The van der Waals surface area contributed by atoms with Crippen molar-refractivity contribution in [3.8, 4) is 5.75 Å². The molecule has 4 nitrogen and oxygen atoms in total. The molecule has 0 fully saturated rings. The number of carbonyl (C=O) groups excluding carboxylic acids is 3. The largest absolute Gasteiger partial charge is 0.420 e.